The third-order valence-corrected chi connectivity index (χ3v) is 5.37. The molecule has 0 saturated heterocycles. The second kappa shape index (κ2) is 7.85. The summed E-state index contributed by atoms with van der Waals surface area (Å²) in [5.74, 6) is -1.44. The maximum atomic E-state index is 14.5. The van der Waals surface area contributed by atoms with Crippen molar-refractivity contribution in [2.45, 2.75) is 39.2 Å². The summed E-state index contributed by atoms with van der Waals surface area (Å²) in [5.41, 5.74) is 1.21. The minimum Gasteiger partial charge on any atom is -0.323 e. The van der Waals surface area contributed by atoms with Crippen LogP contribution in [-0.2, 0) is 4.79 Å². The lowest BCUT2D eigenvalue weighted by atomic mass is 10.1. The van der Waals surface area contributed by atoms with E-state index in [1.54, 1.807) is 16.8 Å². The van der Waals surface area contributed by atoms with E-state index in [0.717, 1.165) is 31.4 Å². The van der Waals surface area contributed by atoms with Crippen molar-refractivity contribution in [3.8, 4) is 22.5 Å². The fourth-order valence-electron chi connectivity index (χ4n) is 3.28. The molecule has 156 valence electrons. The molecule has 4 rings (SSSR count). The van der Waals surface area contributed by atoms with Crippen LogP contribution in [-0.4, -0.2) is 20.4 Å². The Morgan fingerprint density at radius 3 is 2.73 bits per heavy atom. The van der Waals surface area contributed by atoms with Crippen molar-refractivity contribution in [1.82, 2.24) is 14.5 Å². The predicted octanol–water partition coefficient (Wildman–Crippen LogP) is 4.50. The number of pyridine rings is 1. The summed E-state index contributed by atoms with van der Waals surface area (Å²) in [5, 5.41) is 2.72. The number of nitrogens with one attached hydrogen (secondary N) is 2. The Balaban J connectivity index is 1.84. The quantitative estimate of drug-likeness (QED) is 0.625. The Kier molecular flexibility index (Phi) is 5.24. The van der Waals surface area contributed by atoms with Crippen molar-refractivity contribution in [2.75, 3.05) is 5.32 Å². The molecule has 0 aliphatic heterocycles. The fraction of sp³-hybridized carbons (Fsp3) is 0.318. The molecule has 0 bridgehead atoms. The van der Waals surface area contributed by atoms with E-state index in [9.17, 15) is 18.4 Å². The highest BCUT2D eigenvalue weighted by atomic mass is 19.1. The number of rotatable bonds is 6. The first kappa shape index (κ1) is 20.0. The molecule has 6 nitrogen and oxygen atoms in total. The molecule has 1 unspecified atom stereocenters. The normalized spacial score (nSPS) is 14.5. The molecule has 3 aromatic rings. The number of halogens is 2. The lowest BCUT2D eigenvalue weighted by molar-refractivity contribution is -0.117. The van der Waals surface area contributed by atoms with Gasteiger partial charge in [-0.15, -0.1) is 0 Å². The summed E-state index contributed by atoms with van der Waals surface area (Å²) in [4.78, 5) is 31.8. The molecule has 0 radical (unpaired) electrons. The zero-order chi connectivity index (χ0) is 21.4. The third-order valence-electron chi connectivity index (χ3n) is 5.37. The van der Waals surface area contributed by atoms with E-state index in [-0.39, 0.29) is 34.9 Å². The smallest absolute Gasteiger partial charge is 0.250 e. The van der Waals surface area contributed by atoms with Crippen LogP contribution in [0.2, 0.25) is 0 Å². The molecule has 0 spiro atoms. The van der Waals surface area contributed by atoms with Crippen LogP contribution in [0, 0.1) is 17.6 Å². The number of hydrogen-bond donors (Lipinski definition) is 2. The van der Waals surface area contributed by atoms with Crippen LogP contribution in [0.25, 0.3) is 22.5 Å². The molecule has 30 heavy (non-hydrogen) atoms. The van der Waals surface area contributed by atoms with Gasteiger partial charge in [0.15, 0.2) is 0 Å². The molecule has 1 aromatic carbocycles. The standard InChI is InChI=1S/C22H22F2N4O2/c1-3-12(2)28-11-14(6-9-18(28)29)19-20(16-8-7-15(23)10-17(16)24)26-22(25-19)27-21(30)13-4-5-13/h6-13H,3-5H2,1-2H3,(H2,25,26,27,30). The van der Waals surface area contributed by atoms with Crippen LogP contribution < -0.4 is 10.9 Å². The van der Waals surface area contributed by atoms with Gasteiger partial charge in [-0.25, -0.2) is 13.8 Å². The monoisotopic (exact) mass is 412 g/mol. The van der Waals surface area contributed by atoms with Gasteiger partial charge < -0.3 is 9.55 Å². The molecular formula is C22H22F2N4O2. The van der Waals surface area contributed by atoms with Gasteiger partial charge in [-0.3, -0.25) is 14.9 Å². The van der Waals surface area contributed by atoms with E-state index in [1.807, 2.05) is 13.8 Å². The summed E-state index contributed by atoms with van der Waals surface area (Å²) in [7, 11) is 0. The van der Waals surface area contributed by atoms with Gasteiger partial charge in [-0.1, -0.05) is 6.92 Å². The van der Waals surface area contributed by atoms with E-state index in [1.165, 1.54) is 12.1 Å². The van der Waals surface area contributed by atoms with Crippen LogP contribution in [0.1, 0.15) is 39.2 Å². The minimum atomic E-state index is -0.754. The number of H-pyrrole nitrogens is 1. The Bertz CT molecular complexity index is 1160. The predicted molar refractivity (Wildman–Crippen MR) is 110 cm³/mol. The Labute approximate surface area is 172 Å². The van der Waals surface area contributed by atoms with Gasteiger partial charge in [0.25, 0.3) is 5.56 Å². The van der Waals surface area contributed by atoms with E-state index >= 15 is 0 Å². The first-order valence-electron chi connectivity index (χ1n) is 9.96. The second-order valence-corrected chi connectivity index (χ2v) is 7.62. The number of nitrogens with zero attached hydrogens (tertiary/aromatic N) is 2. The lowest BCUT2D eigenvalue weighted by Crippen LogP contribution is -2.21. The average molecular weight is 412 g/mol. The van der Waals surface area contributed by atoms with Gasteiger partial charge in [0, 0.05) is 41.4 Å². The van der Waals surface area contributed by atoms with Gasteiger partial charge in [-0.05, 0) is 44.4 Å². The minimum absolute atomic E-state index is 0.0307. The SMILES string of the molecule is CCC(C)n1cc(-c2nc(NC(=O)C3CC3)[nH]c2-c2ccc(F)cc2F)ccc1=O. The van der Waals surface area contributed by atoms with E-state index < -0.39 is 11.6 Å². The van der Waals surface area contributed by atoms with Gasteiger partial charge >= 0.3 is 0 Å². The van der Waals surface area contributed by atoms with Gasteiger partial charge in [0.2, 0.25) is 11.9 Å². The van der Waals surface area contributed by atoms with Crippen molar-refractivity contribution in [1.29, 1.82) is 0 Å². The molecule has 1 fully saturated rings. The number of benzene rings is 1. The van der Waals surface area contributed by atoms with E-state index in [2.05, 4.69) is 15.3 Å². The summed E-state index contributed by atoms with van der Waals surface area (Å²) in [6.07, 6.45) is 4.09. The second-order valence-electron chi connectivity index (χ2n) is 7.62. The molecular weight excluding hydrogens is 390 g/mol. The molecule has 1 aliphatic rings. The number of amides is 1. The first-order chi connectivity index (χ1) is 14.4. The topological polar surface area (TPSA) is 79.8 Å². The van der Waals surface area contributed by atoms with E-state index in [4.69, 9.17) is 0 Å². The number of carbonyl (C=O) groups is 1. The number of aromatic nitrogens is 3. The number of anilines is 1. The van der Waals surface area contributed by atoms with Crippen molar-refractivity contribution in [2.24, 2.45) is 5.92 Å². The van der Waals surface area contributed by atoms with Crippen LogP contribution in [0.5, 0.6) is 0 Å². The highest BCUT2D eigenvalue weighted by Crippen LogP contribution is 2.34. The number of carbonyl (C=O) groups excluding carboxylic acids is 1. The summed E-state index contributed by atoms with van der Waals surface area (Å²) in [6.45, 7) is 3.90. The lowest BCUT2D eigenvalue weighted by Gasteiger charge is -2.14. The Morgan fingerprint density at radius 1 is 1.30 bits per heavy atom. The molecule has 1 saturated carbocycles. The zero-order valence-electron chi connectivity index (χ0n) is 16.7. The molecule has 2 heterocycles. The van der Waals surface area contributed by atoms with Crippen molar-refractivity contribution in [3.63, 3.8) is 0 Å². The molecule has 1 atom stereocenters. The van der Waals surface area contributed by atoms with Crippen molar-refractivity contribution < 1.29 is 13.6 Å². The Hall–Kier alpha value is -3.29. The summed E-state index contributed by atoms with van der Waals surface area (Å²) >= 11 is 0. The molecule has 2 N–H and O–H groups in total. The van der Waals surface area contributed by atoms with Crippen molar-refractivity contribution >= 4 is 11.9 Å². The van der Waals surface area contributed by atoms with Crippen LogP contribution in [0.4, 0.5) is 14.7 Å². The molecule has 1 aliphatic carbocycles. The summed E-state index contributed by atoms with van der Waals surface area (Å²) in [6, 6.07) is 6.28. The van der Waals surface area contributed by atoms with Gasteiger partial charge in [-0.2, -0.15) is 0 Å². The number of imidazole rings is 1. The third kappa shape index (κ3) is 3.90. The zero-order valence-corrected chi connectivity index (χ0v) is 16.7. The van der Waals surface area contributed by atoms with E-state index in [0.29, 0.717) is 17.0 Å². The summed E-state index contributed by atoms with van der Waals surface area (Å²) < 4.78 is 29.6. The highest BCUT2D eigenvalue weighted by Gasteiger charge is 2.30. The Morgan fingerprint density at radius 2 is 2.07 bits per heavy atom. The van der Waals surface area contributed by atoms with Crippen molar-refractivity contribution in [3.05, 3.63) is 58.5 Å². The first-order valence-corrected chi connectivity index (χ1v) is 9.96. The van der Waals surface area contributed by atoms with Crippen LogP contribution in [0.3, 0.4) is 0 Å². The molecule has 8 heteroatoms. The van der Waals surface area contributed by atoms with Gasteiger partial charge in [0.1, 0.15) is 11.6 Å². The van der Waals surface area contributed by atoms with Crippen LogP contribution >= 0.6 is 0 Å². The maximum absolute atomic E-state index is 14.5. The van der Waals surface area contributed by atoms with Gasteiger partial charge in [0.05, 0.1) is 11.4 Å². The largest absolute Gasteiger partial charge is 0.323 e. The number of aromatic amines is 1. The van der Waals surface area contributed by atoms with Crippen LogP contribution in [0.15, 0.2) is 41.3 Å². The molecule has 1 amide bonds. The highest BCUT2D eigenvalue weighted by molar-refractivity contribution is 5.93. The fourth-order valence-corrected chi connectivity index (χ4v) is 3.28. The number of hydrogen-bond acceptors (Lipinski definition) is 3. The maximum Gasteiger partial charge on any atom is 0.250 e. The molecule has 2 aromatic heterocycles. The average Bonchev–Trinajstić information content (AvgIpc) is 3.49.